The highest BCUT2D eigenvalue weighted by molar-refractivity contribution is 5.36. The molecule has 2 rings (SSSR count). The SMILES string of the molecule is COc1ccc(C)cc1CCC1CCCC(C)N1. The number of piperidine rings is 1. The molecular weight excluding hydrogens is 222 g/mol. The highest BCUT2D eigenvalue weighted by Gasteiger charge is 2.17. The Kier molecular flexibility index (Phi) is 4.65. The van der Waals surface area contributed by atoms with Crippen molar-refractivity contribution < 1.29 is 4.74 Å². The van der Waals surface area contributed by atoms with Gasteiger partial charge in [-0.15, -0.1) is 0 Å². The Bertz CT molecular complexity index is 389. The molecule has 1 N–H and O–H groups in total. The summed E-state index contributed by atoms with van der Waals surface area (Å²) >= 11 is 0. The molecule has 0 bridgehead atoms. The topological polar surface area (TPSA) is 21.3 Å². The molecule has 2 unspecified atom stereocenters. The lowest BCUT2D eigenvalue weighted by Gasteiger charge is -2.29. The fourth-order valence-corrected chi connectivity index (χ4v) is 2.90. The van der Waals surface area contributed by atoms with Gasteiger partial charge in [-0.25, -0.2) is 0 Å². The minimum Gasteiger partial charge on any atom is -0.496 e. The van der Waals surface area contributed by atoms with Crippen LogP contribution < -0.4 is 10.1 Å². The van der Waals surface area contributed by atoms with Gasteiger partial charge in [0.2, 0.25) is 0 Å². The maximum Gasteiger partial charge on any atom is 0.122 e. The smallest absolute Gasteiger partial charge is 0.122 e. The van der Waals surface area contributed by atoms with Gasteiger partial charge in [-0.3, -0.25) is 0 Å². The molecule has 1 aromatic rings. The molecule has 1 fully saturated rings. The Hall–Kier alpha value is -1.02. The second-order valence-corrected chi connectivity index (χ2v) is 5.55. The largest absolute Gasteiger partial charge is 0.496 e. The summed E-state index contributed by atoms with van der Waals surface area (Å²) in [7, 11) is 1.76. The van der Waals surface area contributed by atoms with Gasteiger partial charge in [0.1, 0.15) is 5.75 Å². The number of aryl methyl sites for hydroxylation is 2. The predicted octanol–water partition coefficient (Wildman–Crippen LogP) is 3.47. The molecule has 100 valence electrons. The van der Waals surface area contributed by atoms with Crippen molar-refractivity contribution in [3.8, 4) is 5.75 Å². The van der Waals surface area contributed by atoms with Gasteiger partial charge < -0.3 is 10.1 Å². The molecule has 2 atom stereocenters. The predicted molar refractivity (Wildman–Crippen MR) is 76.3 cm³/mol. The first-order chi connectivity index (χ1) is 8.69. The molecule has 0 amide bonds. The van der Waals surface area contributed by atoms with Crippen LogP contribution in [0.1, 0.15) is 43.7 Å². The Morgan fingerprint density at radius 1 is 1.33 bits per heavy atom. The second-order valence-electron chi connectivity index (χ2n) is 5.55. The van der Waals surface area contributed by atoms with Crippen LogP contribution >= 0.6 is 0 Å². The monoisotopic (exact) mass is 247 g/mol. The van der Waals surface area contributed by atoms with E-state index >= 15 is 0 Å². The van der Waals surface area contributed by atoms with Crippen molar-refractivity contribution in [1.29, 1.82) is 0 Å². The molecule has 18 heavy (non-hydrogen) atoms. The zero-order valence-electron chi connectivity index (χ0n) is 11.8. The van der Waals surface area contributed by atoms with Crippen LogP contribution in [0.3, 0.4) is 0 Å². The van der Waals surface area contributed by atoms with Crippen LogP contribution in [0.2, 0.25) is 0 Å². The molecule has 2 heteroatoms. The highest BCUT2D eigenvalue weighted by Crippen LogP contribution is 2.23. The summed E-state index contributed by atoms with van der Waals surface area (Å²) in [5.41, 5.74) is 2.66. The third kappa shape index (κ3) is 3.49. The van der Waals surface area contributed by atoms with E-state index in [1.54, 1.807) is 7.11 Å². The number of hydrogen-bond acceptors (Lipinski definition) is 2. The molecule has 1 saturated heterocycles. The van der Waals surface area contributed by atoms with Crippen molar-refractivity contribution in [1.82, 2.24) is 5.32 Å². The van der Waals surface area contributed by atoms with Gasteiger partial charge >= 0.3 is 0 Å². The summed E-state index contributed by atoms with van der Waals surface area (Å²) in [6.45, 7) is 4.43. The Morgan fingerprint density at radius 3 is 2.89 bits per heavy atom. The summed E-state index contributed by atoms with van der Waals surface area (Å²) in [6.07, 6.45) is 6.33. The van der Waals surface area contributed by atoms with Crippen LogP contribution in [0.4, 0.5) is 0 Å². The van der Waals surface area contributed by atoms with Gasteiger partial charge in [-0.1, -0.05) is 24.1 Å². The van der Waals surface area contributed by atoms with Gasteiger partial charge in [-0.2, -0.15) is 0 Å². The number of ether oxygens (including phenoxy) is 1. The quantitative estimate of drug-likeness (QED) is 0.879. The summed E-state index contributed by atoms with van der Waals surface area (Å²) in [5, 5.41) is 3.70. The van der Waals surface area contributed by atoms with Crippen molar-refractivity contribution in [3.63, 3.8) is 0 Å². The Balaban J connectivity index is 1.94. The molecular formula is C16H25NO. The van der Waals surface area contributed by atoms with Crippen molar-refractivity contribution in [2.75, 3.05) is 7.11 Å². The van der Waals surface area contributed by atoms with Crippen LogP contribution in [0.5, 0.6) is 5.75 Å². The molecule has 0 saturated carbocycles. The maximum absolute atomic E-state index is 5.44. The third-order valence-electron chi connectivity index (χ3n) is 3.91. The van der Waals surface area contributed by atoms with E-state index in [4.69, 9.17) is 4.74 Å². The van der Waals surface area contributed by atoms with Crippen LogP contribution in [0.25, 0.3) is 0 Å². The lowest BCUT2D eigenvalue weighted by Crippen LogP contribution is -2.40. The minimum absolute atomic E-state index is 0.680. The third-order valence-corrected chi connectivity index (χ3v) is 3.91. The first-order valence-electron chi connectivity index (χ1n) is 7.08. The number of benzene rings is 1. The average molecular weight is 247 g/mol. The Labute approximate surface area is 111 Å². The minimum atomic E-state index is 0.680. The van der Waals surface area contributed by atoms with E-state index in [1.807, 2.05) is 0 Å². The van der Waals surface area contributed by atoms with E-state index in [9.17, 15) is 0 Å². The van der Waals surface area contributed by atoms with Gasteiger partial charge in [0.25, 0.3) is 0 Å². The van der Waals surface area contributed by atoms with E-state index in [0.29, 0.717) is 12.1 Å². The van der Waals surface area contributed by atoms with E-state index in [0.717, 1.165) is 12.2 Å². The lowest BCUT2D eigenvalue weighted by atomic mass is 9.94. The molecule has 1 aliphatic heterocycles. The fraction of sp³-hybridized carbons (Fsp3) is 0.625. The summed E-state index contributed by atoms with van der Waals surface area (Å²) in [5.74, 6) is 1.03. The van der Waals surface area contributed by atoms with Crippen LogP contribution in [0.15, 0.2) is 18.2 Å². The van der Waals surface area contributed by atoms with Gasteiger partial charge in [0, 0.05) is 12.1 Å². The van der Waals surface area contributed by atoms with E-state index < -0.39 is 0 Å². The fourth-order valence-electron chi connectivity index (χ4n) is 2.90. The van der Waals surface area contributed by atoms with Crippen LogP contribution in [-0.2, 0) is 6.42 Å². The van der Waals surface area contributed by atoms with Crippen LogP contribution in [-0.4, -0.2) is 19.2 Å². The Morgan fingerprint density at radius 2 is 2.17 bits per heavy atom. The standard InChI is InChI=1S/C16H25NO/c1-12-7-10-16(18-3)14(11-12)8-9-15-6-4-5-13(2)17-15/h7,10-11,13,15,17H,4-6,8-9H2,1-3H3. The van der Waals surface area contributed by atoms with Crippen LogP contribution in [0, 0.1) is 6.92 Å². The number of rotatable bonds is 4. The molecule has 0 spiro atoms. The number of methoxy groups -OCH3 is 1. The van der Waals surface area contributed by atoms with Crippen molar-refractivity contribution in [2.45, 2.75) is 58.0 Å². The molecule has 1 aromatic carbocycles. The van der Waals surface area contributed by atoms with E-state index in [1.165, 1.54) is 36.8 Å². The second kappa shape index (κ2) is 6.24. The summed E-state index contributed by atoms with van der Waals surface area (Å²) in [4.78, 5) is 0. The maximum atomic E-state index is 5.44. The first-order valence-corrected chi connectivity index (χ1v) is 7.08. The van der Waals surface area contributed by atoms with Crippen molar-refractivity contribution >= 4 is 0 Å². The highest BCUT2D eigenvalue weighted by atomic mass is 16.5. The zero-order chi connectivity index (χ0) is 13.0. The lowest BCUT2D eigenvalue weighted by molar-refractivity contribution is 0.320. The van der Waals surface area contributed by atoms with Crippen molar-refractivity contribution in [2.24, 2.45) is 0 Å². The molecule has 0 aromatic heterocycles. The molecule has 0 aliphatic carbocycles. The molecule has 0 radical (unpaired) electrons. The van der Waals surface area contributed by atoms with Gasteiger partial charge in [0.15, 0.2) is 0 Å². The number of hydrogen-bond donors (Lipinski definition) is 1. The number of nitrogens with one attached hydrogen (secondary N) is 1. The van der Waals surface area contributed by atoms with E-state index in [2.05, 4.69) is 37.4 Å². The van der Waals surface area contributed by atoms with Gasteiger partial charge in [0.05, 0.1) is 7.11 Å². The summed E-state index contributed by atoms with van der Waals surface area (Å²) < 4.78 is 5.44. The molecule has 1 heterocycles. The first kappa shape index (κ1) is 13.4. The van der Waals surface area contributed by atoms with Gasteiger partial charge in [-0.05, 0) is 51.2 Å². The molecule has 2 nitrogen and oxygen atoms in total. The normalized spacial score (nSPS) is 23.9. The van der Waals surface area contributed by atoms with E-state index in [-0.39, 0.29) is 0 Å². The average Bonchev–Trinajstić information content (AvgIpc) is 2.37. The van der Waals surface area contributed by atoms with Crippen molar-refractivity contribution in [3.05, 3.63) is 29.3 Å². The molecule has 1 aliphatic rings. The summed E-state index contributed by atoms with van der Waals surface area (Å²) in [6, 6.07) is 7.82. The zero-order valence-corrected chi connectivity index (χ0v) is 11.8.